The average Bonchev–Trinajstić information content (AvgIpc) is 2.74. The van der Waals surface area contributed by atoms with E-state index < -0.39 is 9.84 Å². The number of benzene rings is 3. The SMILES string of the molecule is Cc1ccc(S(=O)(=O)c2c(C(=O)c3ccc(C)c(C)c3)cnc3ccccc23)cc1. The second-order valence-corrected chi connectivity index (χ2v) is 9.35. The lowest BCUT2D eigenvalue weighted by Crippen LogP contribution is -2.13. The maximum Gasteiger partial charge on any atom is 0.208 e. The number of pyridine rings is 1. The molecule has 0 aliphatic carbocycles. The van der Waals surface area contributed by atoms with E-state index in [0.717, 1.165) is 16.7 Å². The van der Waals surface area contributed by atoms with Crippen LogP contribution in [0.15, 0.2) is 82.7 Å². The predicted molar refractivity (Wildman–Crippen MR) is 118 cm³/mol. The van der Waals surface area contributed by atoms with Crippen LogP contribution in [0.25, 0.3) is 10.9 Å². The van der Waals surface area contributed by atoms with Gasteiger partial charge in [-0.25, -0.2) is 8.42 Å². The second-order valence-electron chi connectivity index (χ2n) is 7.46. The minimum atomic E-state index is -3.95. The molecule has 0 radical (unpaired) electrons. The van der Waals surface area contributed by atoms with Crippen LogP contribution in [-0.4, -0.2) is 19.2 Å². The molecule has 0 amide bonds. The molecule has 150 valence electrons. The van der Waals surface area contributed by atoms with Crippen molar-refractivity contribution in [3.05, 3.63) is 101 Å². The van der Waals surface area contributed by atoms with Gasteiger partial charge in [0.25, 0.3) is 0 Å². The monoisotopic (exact) mass is 415 g/mol. The van der Waals surface area contributed by atoms with E-state index in [1.54, 1.807) is 60.7 Å². The zero-order valence-electron chi connectivity index (χ0n) is 17.0. The number of ketones is 1. The van der Waals surface area contributed by atoms with Crippen LogP contribution in [0.1, 0.15) is 32.6 Å². The molecule has 4 nitrogen and oxygen atoms in total. The highest BCUT2D eigenvalue weighted by Crippen LogP contribution is 2.32. The number of aromatic nitrogens is 1. The third-order valence-electron chi connectivity index (χ3n) is 5.34. The molecule has 1 heterocycles. The van der Waals surface area contributed by atoms with Crippen molar-refractivity contribution in [3.63, 3.8) is 0 Å². The number of nitrogens with zero attached hydrogens (tertiary/aromatic N) is 1. The first-order valence-electron chi connectivity index (χ1n) is 9.60. The highest BCUT2D eigenvalue weighted by atomic mass is 32.2. The Bertz CT molecular complexity index is 1390. The molecule has 0 unspecified atom stereocenters. The number of hydrogen-bond acceptors (Lipinski definition) is 4. The van der Waals surface area contributed by atoms with Crippen LogP contribution in [0.4, 0.5) is 0 Å². The number of carbonyl (C=O) groups is 1. The molecular formula is C25H21NO3S. The summed E-state index contributed by atoms with van der Waals surface area (Å²) in [5.41, 5.74) is 4.04. The number of rotatable bonds is 4. The molecule has 0 atom stereocenters. The maximum absolute atomic E-state index is 13.7. The van der Waals surface area contributed by atoms with E-state index in [1.165, 1.54) is 6.20 Å². The molecule has 0 fully saturated rings. The van der Waals surface area contributed by atoms with Crippen LogP contribution < -0.4 is 0 Å². The number of hydrogen-bond donors (Lipinski definition) is 0. The zero-order chi connectivity index (χ0) is 21.5. The molecule has 0 saturated heterocycles. The Morgan fingerprint density at radius 1 is 0.833 bits per heavy atom. The Morgan fingerprint density at radius 2 is 1.53 bits per heavy atom. The van der Waals surface area contributed by atoms with Crippen molar-refractivity contribution >= 4 is 26.5 Å². The van der Waals surface area contributed by atoms with E-state index in [2.05, 4.69) is 4.98 Å². The first-order valence-corrected chi connectivity index (χ1v) is 11.1. The molecule has 1 aromatic heterocycles. The van der Waals surface area contributed by atoms with E-state index in [-0.39, 0.29) is 21.1 Å². The summed E-state index contributed by atoms with van der Waals surface area (Å²) < 4.78 is 27.3. The van der Waals surface area contributed by atoms with Crippen molar-refractivity contribution < 1.29 is 13.2 Å². The molecule has 5 heteroatoms. The van der Waals surface area contributed by atoms with Gasteiger partial charge in [0, 0.05) is 17.1 Å². The van der Waals surface area contributed by atoms with Crippen LogP contribution in [0.2, 0.25) is 0 Å². The highest BCUT2D eigenvalue weighted by Gasteiger charge is 2.28. The Morgan fingerprint density at radius 3 is 2.23 bits per heavy atom. The van der Waals surface area contributed by atoms with Gasteiger partial charge in [-0.15, -0.1) is 0 Å². The van der Waals surface area contributed by atoms with Gasteiger partial charge in [0.1, 0.15) is 0 Å². The maximum atomic E-state index is 13.7. The van der Waals surface area contributed by atoms with Gasteiger partial charge in [-0.2, -0.15) is 0 Å². The normalized spacial score (nSPS) is 11.6. The molecule has 4 aromatic rings. The average molecular weight is 416 g/mol. The van der Waals surface area contributed by atoms with Crippen molar-refractivity contribution in [2.75, 3.05) is 0 Å². The molecule has 0 N–H and O–H groups in total. The first-order chi connectivity index (χ1) is 14.3. The van der Waals surface area contributed by atoms with Crippen LogP contribution in [0.5, 0.6) is 0 Å². The number of aryl methyl sites for hydroxylation is 3. The number of sulfone groups is 1. The number of carbonyl (C=O) groups excluding carboxylic acids is 1. The zero-order valence-corrected chi connectivity index (χ0v) is 17.8. The molecule has 30 heavy (non-hydrogen) atoms. The summed E-state index contributed by atoms with van der Waals surface area (Å²) in [6, 6.07) is 19.0. The summed E-state index contributed by atoms with van der Waals surface area (Å²) in [6.07, 6.45) is 1.38. The van der Waals surface area contributed by atoms with E-state index >= 15 is 0 Å². The van der Waals surface area contributed by atoms with E-state index in [9.17, 15) is 13.2 Å². The molecule has 0 aliphatic rings. The molecule has 4 rings (SSSR count). The summed E-state index contributed by atoms with van der Waals surface area (Å²) >= 11 is 0. The van der Waals surface area contributed by atoms with Crippen LogP contribution in [-0.2, 0) is 9.84 Å². The van der Waals surface area contributed by atoms with Gasteiger partial charge in [0.05, 0.1) is 20.9 Å². The predicted octanol–water partition coefficient (Wildman–Crippen LogP) is 5.22. The highest BCUT2D eigenvalue weighted by molar-refractivity contribution is 7.91. The lowest BCUT2D eigenvalue weighted by molar-refractivity contribution is 0.103. The van der Waals surface area contributed by atoms with Crippen LogP contribution in [0.3, 0.4) is 0 Å². The van der Waals surface area contributed by atoms with Crippen LogP contribution >= 0.6 is 0 Å². The largest absolute Gasteiger partial charge is 0.289 e. The van der Waals surface area contributed by atoms with Crippen molar-refractivity contribution in [1.29, 1.82) is 0 Å². The van der Waals surface area contributed by atoms with Gasteiger partial charge < -0.3 is 0 Å². The van der Waals surface area contributed by atoms with Crippen molar-refractivity contribution in [2.45, 2.75) is 30.6 Å². The minimum Gasteiger partial charge on any atom is -0.289 e. The summed E-state index contributed by atoms with van der Waals surface area (Å²) in [4.78, 5) is 17.9. The van der Waals surface area contributed by atoms with Gasteiger partial charge in [-0.3, -0.25) is 9.78 Å². The Hall–Kier alpha value is -3.31. The van der Waals surface area contributed by atoms with Crippen molar-refractivity contribution in [1.82, 2.24) is 4.98 Å². The van der Waals surface area contributed by atoms with E-state index in [0.29, 0.717) is 16.5 Å². The molecule has 0 bridgehead atoms. The summed E-state index contributed by atoms with van der Waals surface area (Å²) in [5.74, 6) is -0.359. The molecular weight excluding hydrogens is 394 g/mol. The second kappa shape index (κ2) is 7.50. The van der Waals surface area contributed by atoms with Gasteiger partial charge >= 0.3 is 0 Å². The topological polar surface area (TPSA) is 64.1 Å². The summed E-state index contributed by atoms with van der Waals surface area (Å²) in [7, 11) is -3.95. The van der Waals surface area contributed by atoms with Gasteiger partial charge in [-0.1, -0.05) is 48.0 Å². The standard InChI is InChI=1S/C25H21NO3S/c1-16-8-12-20(13-9-16)30(28,29)25-21-6-4-5-7-23(21)26-15-22(25)24(27)19-11-10-17(2)18(3)14-19/h4-15H,1-3H3. The Kier molecular flexibility index (Phi) is 5.00. The molecule has 3 aromatic carbocycles. The fraction of sp³-hybridized carbons (Fsp3) is 0.120. The molecule has 0 spiro atoms. The van der Waals surface area contributed by atoms with E-state index in [4.69, 9.17) is 0 Å². The smallest absolute Gasteiger partial charge is 0.208 e. The lowest BCUT2D eigenvalue weighted by atomic mass is 9.99. The Labute approximate surface area is 176 Å². The van der Waals surface area contributed by atoms with Gasteiger partial charge in [0.2, 0.25) is 9.84 Å². The minimum absolute atomic E-state index is 0.000168. The van der Waals surface area contributed by atoms with Crippen molar-refractivity contribution in [2.24, 2.45) is 0 Å². The molecule has 0 aliphatic heterocycles. The van der Waals surface area contributed by atoms with Crippen molar-refractivity contribution in [3.8, 4) is 0 Å². The Balaban J connectivity index is 2.00. The fourth-order valence-electron chi connectivity index (χ4n) is 3.44. The number of fused-ring (bicyclic) bond motifs is 1. The van der Waals surface area contributed by atoms with Crippen LogP contribution in [0, 0.1) is 20.8 Å². The van der Waals surface area contributed by atoms with E-state index in [1.807, 2.05) is 26.8 Å². The lowest BCUT2D eigenvalue weighted by Gasteiger charge is -2.14. The quantitative estimate of drug-likeness (QED) is 0.429. The van der Waals surface area contributed by atoms with Gasteiger partial charge in [0.15, 0.2) is 5.78 Å². The first kappa shape index (κ1) is 20.0. The fourth-order valence-corrected chi connectivity index (χ4v) is 5.07. The third-order valence-corrected chi connectivity index (χ3v) is 7.21. The number of para-hydroxylation sites is 1. The third kappa shape index (κ3) is 3.42. The summed E-state index contributed by atoms with van der Waals surface area (Å²) in [6.45, 7) is 5.79. The molecule has 0 saturated carbocycles. The summed E-state index contributed by atoms with van der Waals surface area (Å²) in [5, 5.41) is 0.438. The van der Waals surface area contributed by atoms with Gasteiger partial charge in [-0.05, 0) is 56.2 Å².